The second-order valence-corrected chi connectivity index (χ2v) is 5.88. The van der Waals surface area contributed by atoms with Crippen LogP contribution in [0.2, 0.25) is 10.0 Å². The third-order valence-electron chi connectivity index (χ3n) is 3.22. The molecule has 0 aliphatic rings. The van der Waals surface area contributed by atoms with Gasteiger partial charge in [-0.2, -0.15) is 0 Å². The lowest BCUT2D eigenvalue weighted by Crippen LogP contribution is -2.25. The van der Waals surface area contributed by atoms with Crippen LogP contribution in [0.4, 0.5) is 0 Å². The van der Waals surface area contributed by atoms with E-state index in [1.807, 2.05) is 13.0 Å². The highest BCUT2D eigenvalue weighted by Gasteiger charge is 2.16. The van der Waals surface area contributed by atoms with Gasteiger partial charge in [-0.15, -0.1) is 0 Å². The van der Waals surface area contributed by atoms with Gasteiger partial charge in [0.15, 0.2) is 11.9 Å². The largest absolute Gasteiger partial charge is 0.479 e. The highest BCUT2D eigenvalue weighted by atomic mass is 35.5. The zero-order valence-corrected chi connectivity index (χ0v) is 15.1. The van der Waals surface area contributed by atoms with E-state index in [1.165, 1.54) is 0 Å². The highest BCUT2D eigenvalue weighted by molar-refractivity contribution is 6.37. The minimum atomic E-state index is -0.683. The number of esters is 1. The van der Waals surface area contributed by atoms with Crippen molar-refractivity contribution in [2.45, 2.75) is 26.9 Å². The summed E-state index contributed by atoms with van der Waals surface area (Å²) < 4.78 is 16.2. The number of benzene rings is 2. The quantitative estimate of drug-likeness (QED) is 0.638. The Balaban J connectivity index is 2.08. The molecule has 0 spiro atoms. The van der Waals surface area contributed by atoms with Crippen LogP contribution in [0.3, 0.4) is 0 Å². The molecule has 0 saturated carbocycles. The first-order valence-corrected chi connectivity index (χ1v) is 8.23. The van der Waals surface area contributed by atoms with E-state index < -0.39 is 12.1 Å². The Hall–Kier alpha value is -1.91. The summed E-state index contributed by atoms with van der Waals surface area (Å²) in [5, 5.41) is 0.903. The normalized spacial score (nSPS) is 11.7. The van der Waals surface area contributed by atoms with Crippen LogP contribution in [0.5, 0.6) is 17.2 Å². The zero-order chi connectivity index (χ0) is 17.7. The SMILES string of the molecule is CCOC(=O)C(C)Oc1ccc(Oc2c(Cl)ccc(C)c2Cl)cc1. The lowest BCUT2D eigenvalue weighted by Gasteiger charge is -2.14. The molecule has 0 saturated heterocycles. The van der Waals surface area contributed by atoms with Crippen molar-refractivity contribution < 1.29 is 19.0 Å². The topological polar surface area (TPSA) is 44.8 Å². The fourth-order valence-corrected chi connectivity index (χ4v) is 2.39. The number of aryl methyl sites for hydroxylation is 1. The molecule has 0 fully saturated rings. The Morgan fingerprint density at radius 1 is 1.08 bits per heavy atom. The molecule has 128 valence electrons. The number of halogens is 2. The molecule has 6 heteroatoms. The summed E-state index contributed by atoms with van der Waals surface area (Å²) in [5.41, 5.74) is 0.874. The van der Waals surface area contributed by atoms with Crippen molar-refractivity contribution in [2.24, 2.45) is 0 Å². The minimum absolute atomic E-state index is 0.317. The summed E-state index contributed by atoms with van der Waals surface area (Å²) in [6.45, 7) is 5.57. The van der Waals surface area contributed by atoms with Crippen molar-refractivity contribution >= 4 is 29.2 Å². The molecule has 0 N–H and O–H groups in total. The molecule has 0 radical (unpaired) electrons. The maximum atomic E-state index is 11.6. The van der Waals surface area contributed by atoms with Gasteiger partial charge in [-0.05, 0) is 56.7 Å². The molecule has 0 aliphatic carbocycles. The fourth-order valence-electron chi connectivity index (χ4n) is 1.94. The number of rotatable bonds is 6. The van der Waals surface area contributed by atoms with Crippen molar-refractivity contribution in [2.75, 3.05) is 6.61 Å². The molecule has 0 aromatic heterocycles. The Morgan fingerprint density at radius 2 is 1.71 bits per heavy atom. The lowest BCUT2D eigenvalue weighted by molar-refractivity contribution is -0.150. The van der Waals surface area contributed by atoms with Crippen LogP contribution < -0.4 is 9.47 Å². The van der Waals surface area contributed by atoms with Crippen LogP contribution in [0, 0.1) is 6.92 Å². The second-order valence-electron chi connectivity index (χ2n) is 5.09. The summed E-state index contributed by atoms with van der Waals surface area (Å²) in [6.07, 6.45) is -0.683. The molecule has 1 atom stereocenters. The van der Waals surface area contributed by atoms with Crippen LogP contribution in [-0.2, 0) is 9.53 Å². The van der Waals surface area contributed by atoms with E-state index in [0.717, 1.165) is 5.56 Å². The number of carbonyl (C=O) groups is 1. The molecule has 2 rings (SSSR count). The summed E-state index contributed by atoms with van der Waals surface area (Å²) in [4.78, 5) is 11.6. The van der Waals surface area contributed by atoms with Gasteiger partial charge in [0, 0.05) is 0 Å². The maximum absolute atomic E-state index is 11.6. The van der Waals surface area contributed by atoms with Gasteiger partial charge in [-0.1, -0.05) is 29.3 Å². The van der Waals surface area contributed by atoms with Crippen LogP contribution in [-0.4, -0.2) is 18.7 Å². The van der Waals surface area contributed by atoms with Crippen LogP contribution in [0.25, 0.3) is 0 Å². The fraction of sp³-hybridized carbons (Fsp3) is 0.278. The van der Waals surface area contributed by atoms with Gasteiger partial charge in [0.05, 0.1) is 16.7 Å². The van der Waals surface area contributed by atoms with Crippen LogP contribution in [0.15, 0.2) is 36.4 Å². The van der Waals surface area contributed by atoms with Gasteiger partial charge in [-0.3, -0.25) is 0 Å². The monoisotopic (exact) mass is 368 g/mol. The smallest absolute Gasteiger partial charge is 0.347 e. The van der Waals surface area contributed by atoms with Crippen LogP contribution in [0.1, 0.15) is 19.4 Å². The maximum Gasteiger partial charge on any atom is 0.347 e. The average molecular weight is 369 g/mol. The number of ether oxygens (including phenoxy) is 3. The minimum Gasteiger partial charge on any atom is -0.479 e. The van der Waals surface area contributed by atoms with Crippen molar-refractivity contribution in [3.63, 3.8) is 0 Å². The van der Waals surface area contributed by atoms with E-state index >= 15 is 0 Å². The van der Waals surface area contributed by atoms with Gasteiger partial charge in [-0.25, -0.2) is 4.79 Å². The van der Waals surface area contributed by atoms with Gasteiger partial charge in [0.1, 0.15) is 11.5 Å². The average Bonchev–Trinajstić information content (AvgIpc) is 2.57. The molecule has 2 aromatic carbocycles. The van der Waals surface area contributed by atoms with E-state index in [4.69, 9.17) is 37.4 Å². The first-order valence-electron chi connectivity index (χ1n) is 7.48. The molecule has 1 unspecified atom stereocenters. The molecule has 0 bridgehead atoms. The standard InChI is InChI=1S/C18H18Cl2O4/c1-4-22-18(21)12(3)23-13-6-8-14(9-7-13)24-17-15(19)10-5-11(2)16(17)20/h5-10,12H,4H2,1-3H3. The van der Waals surface area contributed by atoms with Gasteiger partial charge < -0.3 is 14.2 Å². The molecule has 4 nitrogen and oxygen atoms in total. The van der Waals surface area contributed by atoms with Gasteiger partial charge in [0.2, 0.25) is 0 Å². The third-order valence-corrected chi connectivity index (χ3v) is 3.98. The van der Waals surface area contributed by atoms with Crippen molar-refractivity contribution in [3.8, 4) is 17.2 Å². The summed E-state index contributed by atoms with van der Waals surface area (Å²) in [6, 6.07) is 10.4. The Labute approximate surface area is 151 Å². The van der Waals surface area contributed by atoms with E-state index in [-0.39, 0.29) is 0 Å². The van der Waals surface area contributed by atoms with Gasteiger partial charge >= 0.3 is 5.97 Å². The lowest BCUT2D eigenvalue weighted by atomic mass is 10.2. The van der Waals surface area contributed by atoms with Crippen molar-refractivity contribution in [1.82, 2.24) is 0 Å². The predicted octanol–water partition coefficient (Wildman–Crippen LogP) is 5.42. The first kappa shape index (κ1) is 18.4. The second kappa shape index (κ2) is 8.27. The summed E-state index contributed by atoms with van der Waals surface area (Å²) >= 11 is 12.4. The molecule has 24 heavy (non-hydrogen) atoms. The third kappa shape index (κ3) is 4.56. The zero-order valence-electron chi connectivity index (χ0n) is 13.6. The number of hydrogen-bond acceptors (Lipinski definition) is 4. The molecule has 0 heterocycles. The molecule has 2 aromatic rings. The van der Waals surface area contributed by atoms with E-state index in [1.54, 1.807) is 44.2 Å². The van der Waals surface area contributed by atoms with E-state index in [9.17, 15) is 4.79 Å². The van der Waals surface area contributed by atoms with Gasteiger partial charge in [0.25, 0.3) is 0 Å². The highest BCUT2D eigenvalue weighted by Crippen LogP contribution is 2.38. The molecule has 0 amide bonds. The molecule has 0 aliphatic heterocycles. The molecular formula is C18H18Cl2O4. The summed E-state index contributed by atoms with van der Waals surface area (Å²) in [7, 11) is 0. The summed E-state index contributed by atoms with van der Waals surface area (Å²) in [5.74, 6) is 1.09. The Bertz CT molecular complexity index is 714. The van der Waals surface area contributed by atoms with Crippen LogP contribution >= 0.6 is 23.2 Å². The van der Waals surface area contributed by atoms with Crippen molar-refractivity contribution in [1.29, 1.82) is 0 Å². The Kier molecular flexibility index (Phi) is 6.35. The molecular weight excluding hydrogens is 351 g/mol. The first-order chi connectivity index (χ1) is 11.4. The van der Waals surface area contributed by atoms with E-state index in [2.05, 4.69) is 0 Å². The van der Waals surface area contributed by atoms with Crippen molar-refractivity contribution in [3.05, 3.63) is 52.0 Å². The number of hydrogen-bond donors (Lipinski definition) is 0. The number of carbonyl (C=O) groups excluding carboxylic acids is 1. The van der Waals surface area contributed by atoms with E-state index in [0.29, 0.717) is 33.9 Å². The Morgan fingerprint density at radius 3 is 2.33 bits per heavy atom. The predicted molar refractivity (Wildman–Crippen MR) is 94.4 cm³/mol.